The highest BCUT2D eigenvalue weighted by Crippen LogP contribution is 2.17. The van der Waals surface area contributed by atoms with Gasteiger partial charge in [0.05, 0.1) is 4.83 Å². The topological polar surface area (TPSA) is 30.0 Å². The fourth-order valence-electron chi connectivity index (χ4n) is 0.618. The first-order chi connectivity index (χ1) is 4.84. The molecule has 0 saturated carbocycles. The molecule has 52 valence electrons. The Morgan fingerprint density at radius 3 is 3.00 bits per heavy atom. The zero-order valence-corrected chi connectivity index (χ0v) is 6.78. The molecule has 0 bridgehead atoms. The van der Waals surface area contributed by atoms with Crippen molar-refractivity contribution in [2.75, 3.05) is 0 Å². The molecule has 1 heterocycles. The van der Waals surface area contributed by atoms with Crippen molar-refractivity contribution in [3.05, 3.63) is 30.1 Å². The number of rotatable bonds is 2. The summed E-state index contributed by atoms with van der Waals surface area (Å²) in [6.45, 7) is 0. The fourth-order valence-corrected chi connectivity index (χ4v) is 0.888. The SMILES string of the molecule is O=CC(Br)c1cccnc1. The van der Waals surface area contributed by atoms with E-state index in [4.69, 9.17) is 0 Å². The van der Waals surface area contributed by atoms with Crippen LogP contribution in [0.2, 0.25) is 0 Å². The van der Waals surface area contributed by atoms with Gasteiger partial charge in [-0.05, 0) is 11.6 Å². The smallest absolute Gasteiger partial charge is 0.138 e. The highest BCUT2D eigenvalue weighted by atomic mass is 79.9. The normalized spacial score (nSPS) is 12.5. The second-order valence-electron chi connectivity index (χ2n) is 1.82. The van der Waals surface area contributed by atoms with Gasteiger partial charge in [-0.3, -0.25) is 4.98 Å². The molecule has 0 fully saturated rings. The molecule has 0 spiro atoms. The van der Waals surface area contributed by atoms with Gasteiger partial charge < -0.3 is 4.79 Å². The summed E-state index contributed by atoms with van der Waals surface area (Å²) >= 11 is 3.18. The van der Waals surface area contributed by atoms with Gasteiger partial charge in [-0.1, -0.05) is 22.0 Å². The molecule has 0 aromatic carbocycles. The van der Waals surface area contributed by atoms with E-state index in [-0.39, 0.29) is 4.83 Å². The minimum atomic E-state index is -0.221. The number of hydrogen-bond acceptors (Lipinski definition) is 2. The maximum absolute atomic E-state index is 10.2. The van der Waals surface area contributed by atoms with Crippen molar-refractivity contribution in [1.82, 2.24) is 4.98 Å². The second-order valence-corrected chi connectivity index (χ2v) is 2.81. The maximum Gasteiger partial charge on any atom is 0.138 e. The van der Waals surface area contributed by atoms with E-state index in [1.54, 1.807) is 18.5 Å². The first-order valence-electron chi connectivity index (χ1n) is 2.84. The predicted molar refractivity (Wildman–Crippen MR) is 42.0 cm³/mol. The lowest BCUT2D eigenvalue weighted by Crippen LogP contribution is -1.89. The molecule has 1 rings (SSSR count). The molecular formula is C7H6BrNO. The summed E-state index contributed by atoms with van der Waals surface area (Å²) in [6, 6.07) is 3.65. The average molecular weight is 200 g/mol. The van der Waals surface area contributed by atoms with Gasteiger partial charge in [0.2, 0.25) is 0 Å². The average Bonchev–Trinajstić information content (AvgIpc) is 2.05. The summed E-state index contributed by atoms with van der Waals surface area (Å²) < 4.78 is 0. The summed E-state index contributed by atoms with van der Waals surface area (Å²) in [6.07, 6.45) is 4.17. The minimum Gasteiger partial charge on any atom is -0.302 e. The Bertz CT molecular complexity index is 212. The molecule has 0 aliphatic carbocycles. The molecule has 1 atom stereocenters. The third-order valence-electron chi connectivity index (χ3n) is 1.12. The van der Waals surface area contributed by atoms with Crippen LogP contribution in [0.3, 0.4) is 0 Å². The lowest BCUT2D eigenvalue weighted by atomic mass is 10.2. The first kappa shape index (κ1) is 7.41. The van der Waals surface area contributed by atoms with Crippen LogP contribution in [0, 0.1) is 0 Å². The molecule has 1 aromatic heterocycles. The third-order valence-corrected chi connectivity index (χ3v) is 1.87. The van der Waals surface area contributed by atoms with Gasteiger partial charge in [0.1, 0.15) is 6.29 Å². The zero-order chi connectivity index (χ0) is 7.40. The molecule has 2 nitrogen and oxygen atoms in total. The lowest BCUT2D eigenvalue weighted by molar-refractivity contribution is -0.107. The molecular weight excluding hydrogens is 194 g/mol. The number of aromatic nitrogens is 1. The fraction of sp³-hybridized carbons (Fsp3) is 0.143. The Hall–Kier alpha value is -0.700. The summed E-state index contributed by atoms with van der Waals surface area (Å²) in [7, 11) is 0. The summed E-state index contributed by atoms with van der Waals surface area (Å²) in [5, 5.41) is 0. The van der Waals surface area contributed by atoms with Gasteiger partial charge in [0, 0.05) is 12.4 Å². The second kappa shape index (κ2) is 3.46. The van der Waals surface area contributed by atoms with E-state index in [2.05, 4.69) is 20.9 Å². The van der Waals surface area contributed by atoms with E-state index >= 15 is 0 Å². The van der Waals surface area contributed by atoms with Crippen LogP contribution in [0.1, 0.15) is 10.4 Å². The van der Waals surface area contributed by atoms with Crippen LogP contribution in [0.4, 0.5) is 0 Å². The number of alkyl halides is 1. The van der Waals surface area contributed by atoms with Crippen LogP contribution in [0.5, 0.6) is 0 Å². The minimum absolute atomic E-state index is 0.221. The van der Waals surface area contributed by atoms with E-state index in [0.29, 0.717) is 0 Å². The molecule has 0 aliphatic heterocycles. The van der Waals surface area contributed by atoms with Crippen LogP contribution in [0.15, 0.2) is 24.5 Å². The van der Waals surface area contributed by atoms with Crippen LogP contribution in [-0.4, -0.2) is 11.3 Å². The molecule has 0 N–H and O–H groups in total. The molecule has 3 heteroatoms. The maximum atomic E-state index is 10.2. The number of carbonyl (C=O) groups excluding carboxylic acids is 1. The van der Waals surface area contributed by atoms with E-state index in [9.17, 15) is 4.79 Å². The number of pyridine rings is 1. The Morgan fingerprint density at radius 1 is 1.70 bits per heavy atom. The van der Waals surface area contributed by atoms with E-state index in [1.165, 1.54) is 0 Å². The predicted octanol–water partition coefficient (Wildman–Crippen LogP) is 1.72. The number of hydrogen-bond donors (Lipinski definition) is 0. The van der Waals surface area contributed by atoms with Crippen molar-refractivity contribution in [3.8, 4) is 0 Å². The quantitative estimate of drug-likeness (QED) is 0.537. The zero-order valence-electron chi connectivity index (χ0n) is 5.20. The van der Waals surface area contributed by atoms with Gasteiger partial charge >= 0.3 is 0 Å². The van der Waals surface area contributed by atoms with Crippen molar-refractivity contribution < 1.29 is 4.79 Å². The Morgan fingerprint density at radius 2 is 2.50 bits per heavy atom. The molecule has 0 aliphatic rings. The summed E-state index contributed by atoms with van der Waals surface area (Å²) in [5.74, 6) is 0. The van der Waals surface area contributed by atoms with Gasteiger partial charge in [-0.15, -0.1) is 0 Å². The van der Waals surface area contributed by atoms with Crippen LogP contribution >= 0.6 is 15.9 Å². The molecule has 1 unspecified atom stereocenters. The van der Waals surface area contributed by atoms with Gasteiger partial charge in [0.15, 0.2) is 0 Å². The van der Waals surface area contributed by atoms with Crippen LogP contribution in [0.25, 0.3) is 0 Å². The Labute approximate surface area is 67.4 Å². The molecule has 0 amide bonds. The first-order valence-corrected chi connectivity index (χ1v) is 3.75. The number of carbonyl (C=O) groups is 1. The third kappa shape index (κ3) is 1.64. The highest BCUT2D eigenvalue weighted by molar-refractivity contribution is 9.09. The summed E-state index contributed by atoms with van der Waals surface area (Å²) in [5.41, 5.74) is 0.887. The van der Waals surface area contributed by atoms with Crippen molar-refractivity contribution in [2.45, 2.75) is 4.83 Å². The van der Waals surface area contributed by atoms with E-state index < -0.39 is 0 Å². The van der Waals surface area contributed by atoms with Gasteiger partial charge in [0.25, 0.3) is 0 Å². The van der Waals surface area contributed by atoms with Gasteiger partial charge in [-0.2, -0.15) is 0 Å². The Kier molecular flexibility index (Phi) is 2.57. The molecule has 0 radical (unpaired) electrons. The highest BCUT2D eigenvalue weighted by Gasteiger charge is 2.02. The van der Waals surface area contributed by atoms with Crippen molar-refractivity contribution in [3.63, 3.8) is 0 Å². The lowest BCUT2D eigenvalue weighted by Gasteiger charge is -1.97. The van der Waals surface area contributed by atoms with Crippen molar-refractivity contribution in [1.29, 1.82) is 0 Å². The molecule has 1 aromatic rings. The molecule has 0 saturated heterocycles. The largest absolute Gasteiger partial charge is 0.302 e. The Balaban J connectivity index is 2.84. The van der Waals surface area contributed by atoms with Crippen LogP contribution < -0.4 is 0 Å². The van der Waals surface area contributed by atoms with Crippen molar-refractivity contribution in [2.24, 2.45) is 0 Å². The number of nitrogens with zero attached hydrogens (tertiary/aromatic N) is 1. The van der Waals surface area contributed by atoms with Gasteiger partial charge in [-0.25, -0.2) is 0 Å². The van der Waals surface area contributed by atoms with Crippen molar-refractivity contribution >= 4 is 22.2 Å². The van der Waals surface area contributed by atoms with E-state index in [0.717, 1.165) is 11.8 Å². The standard InChI is InChI=1S/C7H6BrNO/c8-7(5-10)6-2-1-3-9-4-6/h1-5,7H. The number of aldehydes is 1. The monoisotopic (exact) mass is 199 g/mol. The number of halogens is 1. The summed E-state index contributed by atoms with van der Waals surface area (Å²) in [4.78, 5) is 13.9. The van der Waals surface area contributed by atoms with Crippen LogP contribution in [-0.2, 0) is 4.79 Å². The van der Waals surface area contributed by atoms with E-state index in [1.807, 2.05) is 6.07 Å². The molecule has 10 heavy (non-hydrogen) atoms.